The second-order valence-electron chi connectivity index (χ2n) is 6.04. The number of benzene rings is 1. The second kappa shape index (κ2) is 5.88. The van der Waals surface area contributed by atoms with E-state index in [4.69, 9.17) is 5.73 Å². The Kier molecular flexibility index (Phi) is 3.95. The highest BCUT2D eigenvalue weighted by Crippen LogP contribution is 2.50. The van der Waals surface area contributed by atoms with Gasteiger partial charge < -0.3 is 10.6 Å². The lowest BCUT2D eigenvalue weighted by Crippen LogP contribution is -2.28. The molecule has 2 unspecified atom stereocenters. The van der Waals surface area contributed by atoms with E-state index in [-0.39, 0.29) is 17.4 Å². The first-order valence-corrected chi connectivity index (χ1v) is 7.66. The van der Waals surface area contributed by atoms with Crippen molar-refractivity contribution in [2.75, 3.05) is 12.3 Å². The number of amides is 1. The SMILES string of the molecule is Nc1cc(C2CC2CCCN2C=CCCC2=O)ccc1F. The zero-order chi connectivity index (χ0) is 14.8. The summed E-state index contributed by atoms with van der Waals surface area (Å²) in [6, 6.07) is 5.06. The number of halogens is 1. The van der Waals surface area contributed by atoms with Crippen molar-refractivity contribution in [1.82, 2.24) is 4.90 Å². The van der Waals surface area contributed by atoms with E-state index in [0.717, 1.165) is 37.8 Å². The summed E-state index contributed by atoms with van der Waals surface area (Å²) in [6.45, 7) is 0.810. The average Bonchev–Trinajstić information content (AvgIpc) is 3.24. The predicted octanol–water partition coefficient (Wildman–Crippen LogP) is 3.43. The van der Waals surface area contributed by atoms with Crippen LogP contribution >= 0.6 is 0 Å². The topological polar surface area (TPSA) is 46.3 Å². The van der Waals surface area contributed by atoms with Crippen LogP contribution in [0.4, 0.5) is 10.1 Å². The van der Waals surface area contributed by atoms with Crippen LogP contribution < -0.4 is 5.73 Å². The molecule has 1 aromatic carbocycles. The average molecular weight is 288 g/mol. The van der Waals surface area contributed by atoms with Crippen molar-refractivity contribution in [3.05, 3.63) is 41.9 Å². The van der Waals surface area contributed by atoms with Gasteiger partial charge in [-0.2, -0.15) is 0 Å². The Balaban J connectivity index is 1.46. The van der Waals surface area contributed by atoms with Gasteiger partial charge >= 0.3 is 0 Å². The van der Waals surface area contributed by atoms with E-state index in [1.165, 1.54) is 6.07 Å². The molecule has 0 saturated heterocycles. The molecule has 0 spiro atoms. The van der Waals surface area contributed by atoms with Crippen LogP contribution in [0, 0.1) is 11.7 Å². The number of rotatable bonds is 5. The Bertz CT molecular complexity index is 570. The summed E-state index contributed by atoms with van der Waals surface area (Å²) >= 11 is 0. The van der Waals surface area contributed by atoms with Crippen molar-refractivity contribution in [3.63, 3.8) is 0 Å². The van der Waals surface area contributed by atoms with Gasteiger partial charge in [-0.25, -0.2) is 4.39 Å². The van der Waals surface area contributed by atoms with Gasteiger partial charge in [0, 0.05) is 19.2 Å². The van der Waals surface area contributed by atoms with Crippen LogP contribution in [0.3, 0.4) is 0 Å². The molecule has 21 heavy (non-hydrogen) atoms. The van der Waals surface area contributed by atoms with E-state index < -0.39 is 0 Å². The molecule has 3 nitrogen and oxygen atoms in total. The van der Waals surface area contributed by atoms with Gasteiger partial charge in [-0.05, 0) is 55.2 Å². The van der Waals surface area contributed by atoms with E-state index in [9.17, 15) is 9.18 Å². The standard InChI is InChI=1S/C17H21FN2O/c18-15-7-6-13(11-16(15)19)14-10-12(14)4-3-9-20-8-2-1-5-17(20)21/h2,6-8,11-12,14H,1,3-5,9-10,19H2. The maximum absolute atomic E-state index is 13.2. The van der Waals surface area contributed by atoms with Gasteiger partial charge in [0.1, 0.15) is 5.82 Å². The minimum absolute atomic E-state index is 0.233. The van der Waals surface area contributed by atoms with Crippen LogP contribution in [-0.2, 0) is 4.79 Å². The summed E-state index contributed by atoms with van der Waals surface area (Å²) in [5.74, 6) is 1.06. The number of nitrogens with two attached hydrogens (primary N) is 1. The van der Waals surface area contributed by atoms with E-state index in [1.54, 1.807) is 6.07 Å². The smallest absolute Gasteiger partial charge is 0.226 e. The fourth-order valence-electron chi connectivity index (χ4n) is 3.13. The summed E-state index contributed by atoms with van der Waals surface area (Å²) in [5.41, 5.74) is 7.00. The number of hydrogen-bond acceptors (Lipinski definition) is 2. The summed E-state index contributed by atoms with van der Waals surface area (Å²) in [7, 11) is 0. The Morgan fingerprint density at radius 2 is 2.24 bits per heavy atom. The fourth-order valence-corrected chi connectivity index (χ4v) is 3.13. The highest BCUT2D eigenvalue weighted by Gasteiger charge is 2.37. The second-order valence-corrected chi connectivity index (χ2v) is 6.04. The molecule has 1 heterocycles. The Labute approximate surface area is 124 Å². The van der Waals surface area contributed by atoms with Crippen molar-refractivity contribution in [2.45, 2.75) is 38.0 Å². The van der Waals surface area contributed by atoms with Crippen LogP contribution in [-0.4, -0.2) is 17.4 Å². The molecule has 112 valence electrons. The van der Waals surface area contributed by atoms with Crippen molar-refractivity contribution in [3.8, 4) is 0 Å². The molecule has 0 radical (unpaired) electrons. The third kappa shape index (κ3) is 3.26. The molecule has 1 amide bonds. The van der Waals surface area contributed by atoms with Gasteiger partial charge in [0.15, 0.2) is 0 Å². The van der Waals surface area contributed by atoms with Crippen molar-refractivity contribution in [1.29, 1.82) is 0 Å². The monoisotopic (exact) mass is 288 g/mol. The van der Waals surface area contributed by atoms with E-state index in [1.807, 2.05) is 17.2 Å². The highest BCUT2D eigenvalue weighted by molar-refractivity contribution is 5.78. The van der Waals surface area contributed by atoms with Crippen LogP contribution in [0.2, 0.25) is 0 Å². The molecule has 1 fully saturated rings. The first kappa shape index (κ1) is 14.1. The molecule has 0 aromatic heterocycles. The molecular formula is C17H21FN2O. The minimum atomic E-state index is -0.341. The Hall–Kier alpha value is -1.84. The number of nitrogens with zero attached hydrogens (tertiary/aromatic N) is 1. The van der Waals surface area contributed by atoms with Gasteiger partial charge in [0.25, 0.3) is 0 Å². The molecule has 1 aliphatic carbocycles. The first-order valence-electron chi connectivity index (χ1n) is 7.66. The van der Waals surface area contributed by atoms with Crippen molar-refractivity contribution >= 4 is 11.6 Å². The molecule has 2 atom stereocenters. The van der Waals surface area contributed by atoms with Crippen molar-refractivity contribution in [2.24, 2.45) is 5.92 Å². The minimum Gasteiger partial charge on any atom is -0.396 e. The number of hydrogen-bond donors (Lipinski definition) is 1. The van der Waals surface area contributed by atoms with Crippen LogP contribution in [0.25, 0.3) is 0 Å². The molecule has 1 aliphatic heterocycles. The zero-order valence-electron chi connectivity index (χ0n) is 12.1. The molecular weight excluding hydrogens is 267 g/mol. The molecule has 3 rings (SSSR count). The normalized spacial score (nSPS) is 24.4. The zero-order valence-corrected chi connectivity index (χ0v) is 12.1. The number of anilines is 1. The largest absolute Gasteiger partial charge is 0.396 e. The number of carbonyl (C=O) groups excluding carboxylic acids is 1. The summed E-state index contributed by atoms with van der Waals surface area (Å²) < 4.78 is 13.2. The lowest BCUT2D eigenvalue weighted by Gasteiger charge is -2.21. The molecule has 1 aromatic rings. The third-order valence-corrected chi connectivity index (χ3v) is 4.48. The lowest BCUT2D eigenvalue weighted by molar-refractivity contribution is -0.129. The summed E-state index contributed by atoms with van der Waals surface area (Å²) in [5, 5.41) is 0. The maximum atomic E-state index is 13.2. The molecule has 4 heteroatoms. The lowest BCUT2D eigenvalue weighted by atomic mass is 10.1. The Morgan fingerprint density at radius 3 is 3.00 bits per heavy atom. The van der Waals surface area contributed by atoms with Crippen LogP contribution in [0.15, 0.2) is 30.5 Å². The van der Waals surface area contributed by atoms with E-state index in [2.05, 4.69) is 6.08 Å². The van der Waals surface area contributed by atoms with Crippen molar-refractivity contribution < 1.29 is 9.18 Å². The number of nitrogen functional groups attached to an aromatic ring is 1. The summed E-state index contributed by atoms with van der Waals surface area (Å²) in [4.78, 5) is 13.5. The number of carbonyl (C=O) groups is 1. The quantitative estimate of drug-likeness (QED) is 0.844. The van der Waals surface area contributed by atoms with Crippen LogP contribution in [0.5, 0.6) is 0 Å². The van der Waals surface area contributed by atoms with E-state index >= 15 is 0 Å². The van der Waals surface area contributed by atoms with Gasteiger partial charge in [-0.3, -0.25) is 4.79 Å². The number of allylic oxidation sites excluding steroid dienone is 1. The predicted molar refractivity (Wildman–Crippen MR) is 81.0 cm³/mol. The van der Waals surface area contributed by atoms with Gasteiger partial charge in [-0.1, -0.05) is 12.1 Å². The third-order valence-electron chi connectivity index (χ3n) is 4.48. The van der Waals surface area contributed by atoms with Gasteiger partial charge in [0.05, 0.1) is 5.69 Å². The molecule has 2 aliphatic rings. The van der Waals surface area contributed by atoms with Crippen LogP contribution in [0.1, 0.15) is 43.6 Å². The van der Waals surface area contributed by atoms with Gasteiger partial charge in [0.2, 0.25) is 5.91 Å². The van der Waals surface area contributed by atoms with E-state index in [0.29, 0.717) is 18.3 Å². The summed E-state index contributed by atoms with van der Waals surface area (Å²) in [6.07, 6.45) is 8.76. The highest BCUT2D eigenvalue weighted by atomic mass is 19.1. The first-order chi connectivity index (χ1) is 10.1. The maximum Gasteiger partial charge on any atom is 0.226 e. The fraction of sp³-hybridized carbons (Fsp3) is 0.471. The molecule has 0 bridgehead atoms. The van der Waals surface area contributed by atoms with Gasteiger partial charge in [-0.15, -0.1) is 0 Å². The molecule has 2 N–H and O–H groups in total. The molecule has 1 saturated carbocycles. The Morgan fingerprint density at radius 1 is 1.38 bits per heavy atom.